The highest BCUT2D eigenvalue weighted by Gasteiger charge is 2.28. The number of anilines is 1. The number of nitrogens with one attached hydrogen (secondary N) is 1. The number of carbonyl (C=O) groups is 1. The van der Waals surface area contributed by atoms with Crippen LogP contribution in [0.1, 0.15) is 29.2 Å². The smallest absolute Gasteiger partial charge is 0.259 e. The van der Waals surface area contributed by atoms with E-state index in [1.54, 1.807) is 18.2 Å². The zero-order valence-electron chi connectivity index (χ0n) is 16.4. The number of hydrogen-bond donors (Lipinski definition) is 1. The minimum Gasteiger partial charge on any atom is -0.496 e. The Hall–Kier alpha value is -3.62. The van der Waals surface area contributed by atoms with Crippen LogP contribution in [0.3, 0.4) is 0 Å². The Kier molecular flexibility index (Phi) is 5.03. The summed E-state index contributed by atoms with van der Waals surface area (Å²) in [6.07, 6.45) is 2.15. The number of rotatable bonds is 7. The van der Waals surface area contributed by atoms with Crippen molar-refractivity contribution >= 4 is 11.6 Å². The van der Waals surface area contributed by atoms with Crippen LogP contribution in [0.4, 0.5) is 5.69 Å². The zero-order chi connectivity index (χ0) is 20.4. The molecule has 1 aliphatic rings. The normalized spacial score (nSPS) is 13.1. The molecule has 29 heavy (non-hydrogen) atoms. The number of ether oxygens (including phenoxy) is 3. The van der Waals surface area contributed by atoms with Gasteiger partial charge in [0.2, 0.25) is 0 Å². The molecule has 0 atom stereocenters. The maximum atomic E-state index is 12.9. The molecule has 9 heteroatoms. The van der Waals surface area contributed by atoms with Crippen LogP contribution in [-0.4, -0.2) is 47.4 Å². The van der Waals surface area contributed by atoms with Crippen LogP contribution in [0.15, 0.2) is 36.4 Å². The molecule has 4 rings (SSSR count). The molecule has 1 fully saturated rings. The number of amides is 1. The van der Waals surface area contributed by atoms with Crippen molar-refractivity contribution in [3.63, 3.8) is 0 Å². The van der Waals surface area contributed by atoms with Gasteiger partial charge in [-0.3, -0.25) is 4.79 Å². The van der Waals surface area contributed by atoms with Crippen molar-refractivity contribution < 1.29 is 19.0 Å². The van der Waals surface area contributed by atoms with E-state index in [1.807, 2.05) is 22.9 Å². The SMILES string of the molecule is COc1cc(OC)c(C(=O)Nc2cccc(-c3nnnn3C3CC3)c2)cc1OC. The Morgan fingerprint density at radius 3 is 2.45 bits per heavy atom. The van der Waals surface area contributed by atoms with Crippen LogP contribution < -0.4 is 19.5 Å². The lowest BCUT2D eigenvalue weighted by Crippen LogP contribution is -2.14. The maximum Gasteiger partial charge on any atom is 0.259 e. The fraction of sp³-hybridized carbons (Fsp3) is 0.300. The van der Waals surface area contributed by atoms with Crippen molar-refractivity contribution in [3.8, 4) is 28.6 Å². The van der Waals surface area contributed by atoms with Crippen LogP contribution in [0.2, 0.25) is 0 Å². The first kappa shape index (κ1) is 18.7. The fourth-order valence-electron chi connectivity index (χ4n) is 3.09. The van der Waals surface area contributed by atoms with Gasteiger partial charge in [-0.1, -0.05) is 12.1 Å². The summed E-state index contributed by atoms with van der Waals surface area (Å²) in [5.41, 5.74) is 1.78. The number of tetrazole rings is 1. The molecule has 0 saturated heterocycles. The quantitative estimate of drug-likeness (QED) is 0.656. The standard InChI is InChI=1S/C20H21N5O4/c1-27-16-11-18(29-3)17(28-2)10-15(16)20(26)21-13-6-4-5-12(9-13)19-22-23-24-25(19)14-7-8-14/h4-6,9-11,14H,7-8H2,1-3H3,(H,21,26). The lowest BCUT2D eigenvalue weighted by molar-refractivity contribution is 0.102. The van der Waals surface area contributed by atoms with E-state index in [0.717, 1.165) is 18.4 Å². The molecular weight excluding hydrogens is 374 g/mol. The summed E-state index contributed by atoms with van der Waals surface area (Å²) in [5.74, 6) is 1.66. The molecule has 0 spiro atoms. The highest BCUT2D eigenvalue weighted by Crippen LogP contribution is 2.37. The Morgan fingerprint density at radius 2 is 1.76 bits per heavy atom. The Balaban J connectivity index is 1.61. The molecule has 0 radical (unpaired) electrons. The van der Waals surface area contributed by atoms with E-state index in [2.05, 4.69) is 20.8 Å². The van der Waals surface area contributed by atoms with Gasteiger partial charge in [0, 0.05) is 23.4 Å². The first-order chi connectivity index (χ1) is 14.1. The number of nitrogens with zero attached hydrogens (tertiary/aromatic N) is 4. The second-order valence-corrected chi connectivity index (χ2v) is 6.62. The molecule has 150 valence electrons. The number of carbonyl (C=O) groups excluding carboxylic acids is 1. The fourth-order valence-corrected chi connectivity index (χ4v) is 3.09. The van der Waals surface area contributed by atoms with Crippen LogP contribution in [0.25, 0.3) is 11.4 Å². The Bertz CT molecular complexity index is 1050. The topological polar surface area (TPSA) is 100 Å². The molecule has 1 N–H and O–H groups in total. The maximum absolute atomic E-state index is 12.9. The van der Waals surface area contributed by atoms with E-state index in [9.17, 15) is 4.79 Å². The molecule has 0 unspecified atom stereocenters. The lowest BCUT2D eigenvalue weighted by Gasteiger charge is -2.14. The molecule has 9 nitrogen and oxygen atoms in total. The van der Waals surface area contributed by atoms with Crippen LogP contribution in [0, 0.1) is 0 Å². The molecule has 1 aliphatic carbocycles. The molecule has 3 aromatic rings. The molecule has 1 aromatic heterocycles. The summed E-state index contributed by atoms with van der Waals surface area (Å²) in [7, 11) is 4.54. The van der Waals surface area contributed by atoms with Crippen molar-refractivity contribution in [3.05, 3.63) is 42.0 Å². The summed E-state index contributed by atoms with van der Waals surface area (Å²) in [4.78, 5) is 12.9. The summed E-state index contributed by atoms with van der Waals surface area (Å²) in [6, 6.07) is 11.0. The second kappa shape index (κ2) is 7.78. The van der Waals surface area contributed by atoms with E-state index in [1.165, 1.54) is 21.3 Å². The molecule has 0 aliphatic heterocycles. The monoisotopic (exact) mass is 395 g/mol. The number of benzene rings is 2. The second-order valence-electron chi connectivity index (χ2n) is 6.62. The van der Waals surface area contributed by atoms with E-state index >= 15 is 0 Å². The van der Waals surface area contributed by atoms with Gasteiger partial charge in [0.1, 0.15) is 5.75 Å². The van der Waals surface area contributed by atoms with Gasteiger partial charge < -0.3 is 19.5 Å². The first-order valence-electron chi connectivity index (χ1n) is 9.14. The molecule has 1 amide bonds. The third-order valence-corrected chi connectivity index (χ3v) is 4.71. The summed E-state index contributed by atoms with van der Waals surface area (Å²) in [5, 5.41) is 14.9. The zero-order valence-corrected chi connectivity index (χ0v) is 16.4. The molecule has 1 heterocycles. The van der Waals surface area contributed by atoms with E-state index in [0.29, 0.717) is 40.4 Å². The van der Waals surface area contributed by atoms with Crippen molar-refractivity contribution in [1.82, 2.24) is 20.2 Å². The van der Waals surface area contributed by atoms with Crippen molar-refractivity contribution in [2.24, 2.45) is 0 Å². The molecule has 1 saturated carbocycles. The molecular formula is C20H21N5O4. The highest BCUT2D eigenvalue weighted by molar-refractivity contribution is 6.07. The lowest BCUT2D eigenvalue weighted by atomic mass is 10.1. The van der Waals surface area contributed by atoms with Crippen LogP contribution in [-0.2, 0) is 0 Å². The third kappa shape index (κ3) is 3.71. The average molecular weight is 395 g/mol. The Labute approximate surface area is 167 Å². The van der Waals surface area contributed by atoms with Gasteiger partial charge >= 0.3 is 0 Å². The predicted octanol–water partition coefficient (Wildman–Crippen LogP) is 2.95. The number of hydrogen-bond acceptors (Lipinski definition) is 7. The van der Waals surface area contributed by atoms with Crippen LogP contribution >= 0.6 is 0 Å². The van der Waals surface area contributed by atoms with Crippen molar-refractivity contribution in [1.29, 1.82) is 0 Å². The summed E-state index contributed by atoms with van der Waals surface area (Å²) >= 11 is 0. The van der Waals surface area contributed by atoms with Crippen LogP contribution in [0.5, 0.6) is 17.2 Å². The first-order valence-corrected chi connectivity index (χ1v) is 9.14. The van der Waals surface area contributed by atoms with Gasteiger partial charge in [-0.25, -0.2) is 4.68 Å². The van der Waals surface area contributed by atoms with E-state index < -0.39 is 0 Å². The molecule has 2 aromatic carbocycles. The minimum atomic E-state index is -0.332. The van der Waals surface area contributed by atoms with Gasteiger partial charge in [0.15, 0.2) is 17.3 Å². The van der Waals surface area contributed by atoms with E-state index in [4.69, 9.17) is 14.2 Å². The highest BCUT2D eigenvalue weighted by atomic mass is 16.5. The third-order valence-electron chi connectivity index (χ3n) is 4.71. The van der Waals surface area contributed by atoms with Crippen molar-refractivity contribution in [2.75, 3.05) is 26.6 Å². The largest absolute Gasteiger partial charge is 0.496 e. The number of aromatic nitrogens is 4. The van der Waals surface area contributed by atoms with E-state index in [-0.39, 0.29) is 5.91 Å². The van der Waals surface area contributed by atoms with Gasteiger partial charge in [-0.2, -0.15) is 0 Å². The summed E-state index contributed by atoms with van der Waals surface area (Å²) in [6.45, 7) is 0. The average Bonchev–Trinajstić information content (AvgIpc) is 3.48. The van der Waals surface area contributed by atoms with Crippen molar-refractivity contribution in [2.45, 2.75) is 18.9 Å². The van der Waals surface area contributed by atoms with Gasteiger partial charge in [0.05, 0.1) is 32.9 Å². The Morgan fingerprint density at radius 1 is 1.03 bits per heavy atom. The van der Waals surface area contributed by atoms with Gasteiger partial charge in [0.25, 0.3) is 5.91 Å². The van der Waals surface area contributed by atoms with Gasteiger partial charge in [-0.05, 0) is 35.4 Å². The minimum absolute atomic E-state index is 0.332. The number of methoxy groups -OCH3 is 3. The van der Waals surface area contributed by atoms with Gasteiger partial charge in [-0.15, -0.1) is 5.10 Å². The predicted molar refractivity (Wildman–Crippen MR) is 106 cm³/mol. The molecule has 0 bridgehead atoms. The summed E-state index contributed by atoms with van der Waals surface area (Å²) < 4.78 is 17.8.